The molecule has 3 heterocycles. The average molecular weight is 344 g/mol. The number of thiophene rings is 1. The Morgan fingerprint density at radius 2 is 2.08 bits per heavy atom. The van der Waals surface area contributed by atoms with Gasteiger partial charge in [0.2, 0.25) is 5.88 Å². The van der Waals surface area contributed by atoms with Crippen LogP contribution in [-0.2, 0) is 0 Å². The highest BCUT2D eigenvalue weighted by Gasteiger charge is 2.10. The van der Waals surface area contributed by atoms with Crippen LogP contribution in [-0.4, -0.2) is 45.7 Å². The summed E-state index contributed by atoms with van der Waals surface area (Å²) in [5.41, 5.74) is 3.11. The first-order valence-electron chi connectivity index (χ1n) is 8.46. The molecule has 0 amide bonds. The van der Waals surface area contributed by atoms with E-state index in [1.807, 2.05) is 22.8 Å². The Balaban J connectivity index is 1.69. The number of hydrogen-bond acceptors (Lipinski definition) is 5. The second kappa shape index (κ2) is 7.77. The number of imidazole rings is 1. The van der Waals surface area contributed by atoms with E-state index in [9.17, 15) is 0 Å². The van der Waals surface area contributed by atoms with Crippen LogP contribution in [0, 0.1) is 6.92 Å². The number of aromatic nitrogens is 3. The lowest BCUT2D eigenvalue weighted by molar-refractivity contribution is 0.242. The van der Waals surface area contributed by atoms with E-state index in [2.05, 4.69) is 47.2 Å². The molecule has 0 unspecified atom stereocenters. The topological polar surface area (TPSA) is 42.7 Å². The van der Waals surface area contributed by atoms with Gasteiger partial charge < -0.3 is 9.64 Å². The summed E-state index contributed by atoms with van der Waals surface area (Å²) in [4.78, 5) is 8.00. The Morgan fingerprint density at radius 3 is 2.79 bits per heavy atom. The maximum atomic E-state index is 5.84. The molecule has 0 fully saturated rings. The van der Waals surface area contributed by atoms with Gasteiger partial charge in [0, 0.05) is 12.6 Å². The largest absolute Gasteiger partial charge is 0.477 e. The maximum absolute atomic E-state index is 5.84. The molecule has 0 radical (unpaired) electrons. The van der Waals surface area contributed by atoms with E-state index in [1.165, 1.54) is 10.4 Å². The van der Waals surface area contributed by atoms with Crippen molar-refractivity contribution in [3.8, 4) is 16.5 Å². The number of aryl methyl sites for hydroxylation is 1. The van der Waals surface area contributed by atoms with E-state index >= 15 is 0 Å². The minimum atomic E-state index is 0.648. The van der Waals surface area contributed by atoms with Gasteiger partial charge in [0.05, 0.1) is 17.7 Å². The molecule has 0 atom stereocenters. The third kappa shape index (κ3) is 3.76. The third-order valence-corrected chi connectivity index (χ3v) is 5.15. The summed E-state index contributed by atoms with van der Waals surface area (Å²) in [5.74, 6) is 0.648. The second-order valence-corrected chi connectivity index (χ2v) is 6.71. The van der Waals surface area contributed by atoms with Gasteiger partial charge in [-0.05, 0) is 49.5 Å². The molecule has 0 saturated heterocycles. The van der Waals surface area contributed by atoms with Gasteiger partial charge in [0.15, 0.2) is 5.65 Å². The van der Waals surface area contributed by atoms with Crippen molar-refractivity contribution in [1.29, 1.82) is 0 Å². The van der Waals surface area contributed by atoms with E-state index in [4.69, 9.17) is 4.74 Å². The summed E-state index contributed by atoms with van der Waals surface area (Å²) in [6, 6.07) is 6.01. The van der Waals surface area contributed by atoms with E-state index in [0.717, 1.165) is 37.4 Å². The van der Waals surface area contributed by atoms with Crippen LogP contribution in [0.2, 0.25) is 0 Å². The molecular formula is C18H24N4OS. The minimum absolute atomic E-state index is 0.648. The molecule has 0 bridgehead atoms. The molecule has 0 saturated carbocycles. The summed E-state index contributed by atoms with van der Waals surface area (Å²) < 4.78 is 7.70. The van der Waals surface area contributed by atoms with Crippen molar-refractivity contribution < 1.29 is 4.74 Å². The standard InChI is InChI=1S/C18H24N4OS/c1-4-21(5-2)9-6-10-23-18-8-7-17-19-12-15(22(17)20-18)16-11-14(3)13-24-16/h7-8,11-13H,4-6,9-10H2,1-3H3. The first-order valence-corrected chi connectivity index (χ1v) is 9.34. The number of hydrogen-bond donors (Lipinski definition) is 0. The first kappa shape index (κ1) is 16.9. The molecule has 0 N–H and O–H groups in total. The van der Waals surface area contributed by atoms with Crippen LogP contribution in [0.25, 0.3) is 16.2 Å². The molecule has 3 aromatic rings. The van der Waals surface area contributed by atoms with Gasteiger partial charge >= 0.3 is 0 Å². The molecule has 3 aromatic heterocycles. The zero-order valence-electron chi connectivity index (χ0n) is 14.5. The number of fused-ring (bicyclic) bond motifs is 1. The van der Waals surface area contributed by atoms with Crippen LogP contribution in [0.15, 0.2) is 29.8 Å². The highest BCUT2D eigenvalue weighted by Crippen LogP contribution is 2.27. The van der Waals surface area contributed by atoms with Gasteiger partial charge in [-0.15, -0.1) is 16.4 Å². The summed E-state index contributed by atoms with van der Waals surface area (Å²) in [6.45, 7) is 10.4. The molecule has 0 aliphatic heterocycles. The molecule has 3 rings (SSSR count). The fraction of sp³-hybridized carbons (Fsp3) is 0.444. The molecule has 6 heteroatoms. The molecule has 0 aliphatic rings. The Labute approximate surface area is 146 Å². The van der Waals surface area contributed by atoms with Gasteiger partial charge in [-0.25, -0.2) is 9.50 Å². The van der Waals surface area contributed by atoms with Crippen molar-refractivity contribution in [2.45, 2.75) is 27.2 Å². The van der Waals surface area contributed by atoms with E-state index in [1.54, 1.807) is 11.3 Å². The highest BCUT2D eigenvalue weighted by atomic mass is 32.1. The van der Waals surface area contributed by atoms with Crippen LogP contribution >= 0.6 is 11.3 Å². The molecule has 128 valence electrons. The molecule has 5 nitrogen and oxygen atoms in total. The number of nitrogens with zero attached hydrogens (tertiary/aromatic N) is 4. The zero-order valence-corrected chi connectivity index (χ0v) is 15.3. The number of ether oxygens (including phenoxy) is 1. The quantitative estimate of drug-likeness (QED) is 0.582. The average Bonchev–Trinajstić information content (AvgIpc) is 3.20. The predicted molar refractivity (Wildman–Crippen MR) is 98.9 cm³/mol. The first-order chi connectivity index (χ1) is 11.7. The van der Waals surface area contributed by atoms with Crippen LogP contribution in [0.5, 0.6) is 5.88 Å². The van der Waals surface area contributed by atoms with Crippen molar-refractivity contribution in [2.75, 3.05) is 26.2 Å². The summed E-state index contributed by atoms with van der Waals surface area (Å²) in [6.07, 6.45) is 2.88. The Morgan fingerprint density at radius 1 is 1.25 bits per heavy atom. The van der Waals surface area contributed by atoms with Crippen molar-refractivity contribution in [1.82, 2.24) is 19.5 Å². The SMILES string of the molecule is CCN(CC)CCCOc1ccc2ncc(-c3cc(C)cs3)n2n1. The monoisotopic (exact) mass is 344 g/mol. The van der Waals surface area contributed by atoms with Gasteiger partial charge in [-0.3, -0.25) is 0 Å². The van der Waals surface area contributed by atoms with Crippen LogP contribution in [0.1, 0.15) is 25.8 Å². The van der Waals surface area contributed by atoms with Crippen LogP contribution < -0.4 is 4.74 Å². The predicted octanol–water partition coefficient (Wildman–Crippen LogP) is 3.88. The van der Waals surface area contributed by atoms with Crippen LogP contribution in [0.3, 0.4) is 0 Å². The van der Waals surface area contributed by atoms with Gasteiger partial charge in [-0.1, -0.05) is 13.8 Å². The van der Waals surface area contributed by atoms with Gasteiger partial charge in [-0.2, -0.15) is 0 Å². The lowest BCUT2D eigenvalue weighted by atomic mass is 10.3. The minimum Gasteiger partial charge on any atom is -0.477 e. The lowest BCUT2D eigenvalue weighted by Gasteiger charge is -2.17. The third-order valence-electron chi connectivity index (χ3n) is 4.08. The second-order valence-electron chi connectivity index (χ2n) is 5.80. The Hall–Kier alpha value is -1.92. The molecule has 0 aromatic carbocycles. The fourth-order valence-corrected chi connectivity index (χ4v) is 3.57. The highest BCUT2D eigenvalue weighted by molar-refractivity contribution is 7.13. The fourth-order valence-electron chi connectivity index (χ4n) is 2.67. The zero-order chi connectivity index (χ0) is 16.9. The van der Waals surface area contributed by atoms with Crippen molar-refractivity contribution in [3.05, 3.63) is 35.3 Å². The molecule has 24 heavy (non-hydrogen) atoms. The molecular weight excluding hydrogens is 320 g/mol. The Bertz CT molecular complexity index is 791. The number of rotatable bonds is 8. The molecule has 0 aliphatic carbocycles. The van der Waals surface area contributed by atoms with Crippen molar-refractivity contribution in [2.24, 2.45) is 0 Å². The van der Waals surface area contributed by atoms with E-state index in [-0.39, 0.29) is 0 Å². The maximum Gasteiger partial charge on any atom is 0.231 e. The molecule has 0 spiro atoms. The Kier molecular flexibility index (Phi) is 5.48. The van der Waals surface area contributed by atoms with E-state index < -0.39 is 0 Å². The van der Waals surface area contributed by atoms with Crippen molar-refractivity contribution in [3.63, 3.8) is 0 Å². The smallest absolute Gasteiger partial charge is 0.231 e. The lowest BCUT2D eigenvalue weighted by Crippen LogP contribution is -2.25. The van der Waals surface area contributed by atoms with E-state index in [0.29, 0.717) is 12.5 Å². The van der Waals surface area contributed by atoms with Crippen LogP contribution in [0.4, 0.5) is 0 Å². The summed E-state index contributed by atoms with van der Waals surface area (Å²) >= 11 is 1.71. The summed E-state index contributed by atoms with van der Waals surface area (Å²) in [7, 11) is 0. The van der Waals surface area contributed by atoms with Gasteiger partial charge in [0.25, 0.3) is 0 Å². The normalized spacial score (nSPS) is 11.5. The van der Waals surface area contributed by atoms with Gasteiger partial charge in [0.1, 0.15) is 5.69 Å². The van der Waals surface area contributed by atoms with Crippen molar-refractivity contribution >= 4 is 17.0 Å². The summed E-state index contributed by atoms with van der Waals surface area (Å²) in [5, 5.41) is 6.74.